The van der Waals surface area contributed by atoms with Crippen molar-refractivity contribution in [3.63, 3.8) is 0 Å². The fourth-order valence-corrected chi connectivity index (χ4v) is 5.62. The number of carbonyl (C=O) groups excluding carboxylic acids is 2. The maximum Gasteiger partial charge on any atom is 0.265 e. The van der Waals surface area contributed by atoms with E-state index in [1.807, 2.05) is 36.9 Å². The van der Waals surface area contributed by atoms with Crippen LogP contribution in [0.15, 0.2) is 54.6 Å². The molecule has 0 radical (unpaired) electrons. The maximum absolute atomic E-state index is 13.2. The summed E-state index contributed by atoms with van der Waals surface area (Å²) in [5, 5.41) is 3.81. The van der Waals surface area contributed by atoms with E-state index in [9.17, 15) is 14.0 Å². The molecule has 184 valence electrons. The van der Waals surface area contributed by atoms with Crippen molar-refractivity contribution < 1.29 is 14.0 Å². The van der Waals surface area contributed by atoms with Crippen molar-refractivity contribution in [2.45, 2.75) is 39.5 Å². The van der Waals surface area contributed by atoms with Crippen molar-refractivity contribution in [3.05, 3.63) is 76.5 Å². The van der Waals surface area contributed by atoms with E-state index in [0.717, 1.165) is 36.3 Å². The molecule has 0 bridgehead atoms. The molecule has 1 fully saturated rings. The second-order valence-electron chi connectivity index (χ2n) is 9.24. The van der Waals surface area contributed by atoms with Crippen LogP contribution in [0.1, 0.15) is 47.1 Å². The lowest BCUT2D eigenvalue weighted by Gasteiger charge is -2.34. The van der Waals surface area contributed by atoms with E-state index >= 15 is 0 Å². The highest BCUT2D eigenvalue weighted by molar-refractivity contribution is 7.17. The molecule has 0 aliphatic carbocycles. The minimum atomic E-state index is -0.295. The minimum Gasteiger partial charge on any atom is -0.356 e. The van der Waals surface area contributed by atoms with Crippen LogP contribution in [0.25, 0.3) is 10.6 Å². The van der Waals surface area contributed by atoms with Crippen molar-refractivity contribution >= 4 is 23.2 Å². The second-order valence-corrected chi connectivity index (χ2v) is 10.2. The molecule has 1 N–H and O–H groups in total. The largest absolute Gasteiger partial charge is 0.356 e. The van der Waals surface area contributed by atoms with Crippen LogP contribution in [0.5, 0.6) is 0 Å². The van der Waals surface area contributed by atoms with Gasteiger partial charge in [-0.25, -0.2) is 9.37 Å². The number of rotatable bonds is 8. The average Bonchev–Trinajstić information content (AvgIpc) is 3.28. The number of amides is 2. The molecule has 35 heavy (non-hydrogen) atoms. The van der Waals surface area contributed by atoms with E-state index in [2.05, 4.69) is 22.4 Å². The molecule has 0 saturated carbocycles. The first-order valence-corrected chi connectivity index (χ1v) is 13.1. The van der Waals surface area contributed by atoms with Crippen molar-refractivity contribution in [2.24, 2.45) is 11.8 Å². The highest BCUT2D eigenvalue weighted by Crippen LogP contribution is 2.31. The van der Waals surface area contributed by atoms with Crippen LogP contribution in [0.2, 0.25) is 0 Å². The number of halogens is 1. The van der Waals surface area contributed by atoms with E-state index in [4.69, 9.17) is 0 Å². The lowest BCUT2D eigenvalue weighted by molar-refractivity contribution is -0.126. The number of thiazole rings is 1. The third-order valence-corrected chi connectivity index (χ3v) is 8.01. The number of benzene rings is 2. The van der Waals surface area contributed by atoms with Gasteiger partial charge >= 0.3 is 0 Å². The fraction of sp³-hybridized carbons (Fsp3) is 0.393. The highest BCUT2D eigenvalue weighted by atomic mass is 32.1. The van der Waals surface area contributed by atoms with E-state index < -0.39 is 0 Å². The summed E-state index contributed by atoms with van der Waals surface area (Å²) in [6.45, 7) is 5.79. The monoisotopic (exact) mass is 493 g/mol. The van der Waals surface area contributed by atoms with Gasteiger partial charge in [0.05, 0.1) is 5.69 Å². The van der Waals surface area contributed by atoms with Crippen LogP contribution >= 0.6 is 11.3 Å². The Hall–Kier alpha value is -3.06. The van der Waals surface area contributed by atoms with Gasteiger partial charge in [-0.05, 0) is 68.4 Å². The SMILES string of the molecule is Cc1nc(-c2ccc(F)cc2)sc1C(=O)N1CCC([C@H](C)C(=O)NCCCc2ccccc2)CC1. The predicted molar refractivity (Wildman–Crippen MR) is 138 cm³/mol. The van der Waals surface area contributed by atoms with Crippen LogP contribution in [0, 0.1) is 24.6 Å². The summed E-state index contributed by atoms with van der Waals surface area (Å²) in [5.41, 5.74) is 2.79. The van der Waals surface area contributed by atoms with Crippen LogP contribution in [0.4, 0.5) is 4.39 Å². The molecule has 5 nitrogen and oxygen atoms in total. The van der Waals surface area contributed by atoms with Crippen LogP contribution in [0.3, 0.4) is 0 Å². The Morgan fingerprint density at radius 3 is 2.49 bits per heavy atom. The first-order valence-electron chi connectivity index (χ1n) is 12.3. The number of aromatic nitrogens is 1. The Bertz CT molecular complexity index is 1140. The molecule has 0 spiro atoms. The van der Waals surface area contributed by atoms with E-state index in [0.29, 0.717) is 30.2 Å². The predicted octanol–water partition coefficient (Wildman–Crippen LogP) is 5.49. The Balaban J connectivity index is 1.25. The summed E-state index contributed by atoms with van der Waals surface area (Å²) < 4.78 is 13.2. The lowest BCUT2D eigenvalue weighted by Crippen LogP contribution is -2.42. The molecular formula is C28H32FN3O2S. The van der Waals surface area contributed by atoms with Gasteiger partial charge in [-0.15, -0.1) is 11.3 Å². The van der Waals surface area contributed by atoms with Crippen LogP contribution in [-0.2, 0) is 11.2 Å². The first kappa shape index (κ1) is 25.0. The van der Waals surface area contributed by atoms with Gasteiger partial charge in [-0.3, -0.25) is 9.59 Å². The van der Waals surface area contributed by atoms with Gasteiger partial charge in [0, 0.05) is 31.1 Å². The normalized spacial score (nSPS) is 15.1. The molecule has 1 aliphatic heterocycles. The zero-order valence-corrected chi connectivity index (χ0v) is 21.1. The maximum atomic E-state index is 13.2. The van der Waals surface area contributed by atoms with E-state index in [-0.39, 0.29) is 29.5 Å². The van der Waals surface area contributed by atoms with Gasteiger partial charge in [-0.1, -0.05) is 37.3 Å². The van der Waals surface area contributed by atoms with Crippen molar-refractivity contribution in [1.82, 2.24) is 15.2 Å². The zero-order chi connectivity index (χ0) is 24.8. The fourth-order valence-electron chi connectivity index (χ4n) is 4.58. The summed E-state index contributed by atoms with van der Waals surface area (Å²) in [6, 6.07) is 16.5. The number of carbonyl (C=O) groups is 2. The number of nitrogens with one attached hydrogen (secondary N) is 1. The molecule has 7 heteroatoms. The van der Waals surface area contributed by atoms with Crippen molar-refractivity contribution in [2.75, 3.05) is 19.6 Å². The molecule has 2 amide bonds. The number of piperidine rings is 1. The number of hydrogen-bond acceptors (Lipinski definition) is 4. The van der Waals surface area contributed by atoms with Gasteiger partial charge in [0.15, 0.2) is 0 Å². The molecule has 1 saturated heterocycles. The van der Waals surface area contributed by atoms with Gasteiger partial charge in [-0.2, -0.15) is 0 Å². The van der Waals surface area contributed by atoms with E-state index in [1.165, 1.54) is 29.0 Å². The summed E-state index contributed by atoms with van der Waals surface area (Å²) in [5.74, 6) is -0.00379. The van der Waals surface area contributed by atoms with Gasteiger partial charge in [0.1, 0.15) is 15.7 Å². The van der Waals surface area contributed by atoms with E-state index in [1.54, 1.807) is 12.1 Å². The standard InChI is InChI=1S/C28H32FN3O2S/c1-19(26(33)30-16-6-9-21-7-4-3-5-8-21)22-14-17-32(18-15-22)28(34)25-20(2)31-27(35-25)23-10-12-24(29)13-11-23/h3-5,7-8,10-13,19,22H,6,9,14-18H2,1-2H3,(H,30,33)/t19-/m0/s1. The Labute approximate surface area is 210 Å². The Morgan fingerprint density at radius 1 is 1.11 bits per heavy atom. The summed E-state index contributed by atoms with van der Waals surface area (Å²) in [7, 11) is 0. The molecule has 0 unspecified atom stereocenters. The van der Waals surface area contributed by atoms with Gasteiger partial charge in [0.2, 0.25) is 5.91 Å². The van der Waals surface area contributed by atoms with Crippen molar-refractivity contribution in [1.29, 1.82) is 0 Å². The topological polar surface area (TPSA) is 62.3 Å². The molecule has 1 atom stereocenters. The van der Waals surface area contributed by atoms with Crippen LogP contribution in [-0.4, -0.2) is 41.3 Å². The number of nitrogens with zero attached hydrogens (tertiary/aromatic N) is 2. The Kier molecular flexibility index (Phi) is 8.29. The molecule has 2 heterocycles. The zero-order valence-electron chi connectivity index (χ0n) is 20.3. The highest BCUT2D eigenvalue weighted by Gasteiger charge is 2.31. The third kappa shape index (κ3) is 6.34. The van der Waals surface area contributed by atoms with Gasteiger partial charge < -0.3 is 10.2 Å². The third-order valence-electron chi connectivity index (χ3n) is 6.81. The summed E-state index contributed by atoms with van der Waals surface area (Å²) in [4.78, 5) is 32.9. The quantitative estimate of drug-likeness (QED) is 0.422. The minimum absolute atomic E-state index is 0.00942. The lowest BCUT2D eigenvalue weighted by atomic mass is 9.84. The summed E-state index contributed by atoms with van der Waals surface area (Å²) in [6.07, 6.45) is 3.50. The number of likely N-dealkylation sites (tertiary alicyclic amines) is 1. The van der Waals surface area contributed by atoms with Crippen molar-refractivity contribution in [3.8, 4) is 10.6 Å². The molecule has 3 aromatic rings. The molecule has 2 aromatic carbocycles. The molecular weight excluding hydrogens is 461 g/mol. The summed E-state index contributed by atoms with van der Waals surface area (Å²) >= 11 is 1.35. The average molecular weight is 494 g/mol. The number of aryl methyl sites for hydroxylation is 2. The number of hydrogen-bond donors (Lipinski definition) is 1. The first-order chi connectivity index (χ1) is 16.9. The second kappa shape index (κ2) is 11.6. The van der Waals surface area contributed by atoms with Gasteiger partial charge in [0.25, 0.3) is 5.91 Å². The Morgan fingerprint density at radius 2 is 1.80 bits per heavy atom. The van der Waals surface area contributed by atoms with Crippen LogP contribution < -0.4 is 5.32 Å². The molecule has 4 rings (SSSR count). The molecule has 1 aromatic heterocycles. The smallest absolute Gasteiger partial charge is 0.265 e. The molecule has 1 aliphatic rings.